The Morgan fingerprint density at radius 2 is 2.04 bits per heavy atom. The second-order valence-corrected chi connectivity index (χ2v) is 7.30. The van der Waals surface area contributed by atoms with Gasteiger partial charge in [0.2, 0.25) is 5.91 Å². The van der Waals surface area contributed by atoms with Gasteiger partial charge in [0.15, 0.2) is 11.5 Å². The third-order valence-electron chi connectivity index (χ3n) is 4.79. The molecule has 1 atom stereocenters. The summed E-state index contributed by atoms with van der Waals surface area (Å²) in [7, 11) is 3.27. The molecule has 2 aromatic rings. The van der Waals surface area contributed by atoms with Gasteiger partial charge >= 0.3 is 0 Å². The first-order valence-electron chi connectivity index (χ1n) is 8.92. The van der Waals surface area contributed by atoms with E-state index in [0.717, 1.165) is 43.0 Å². The molecule has 3 rings (SSSR count). The van der Waals surface area contributed by atoms with Gasteiger partial charge in [0.25, 0.3) is 0 Å². The van der Waals surface area contributed by atoms with Gasteiger partial charge in [-0.2, -0.15) is 11.3 Å². The van der Waals surface area contributed by atoms with Gasteiger partial charge in [0.05, 0.1) is 20.1 Å². The molecule has 0 bridgehead atoms. The van der Waals surface area contributed by atoms with Crippen LogP contribution in [0.5, 0.6) is 11.5 Å². The summed E-state index contributed by atoms with van der Waals surface area (Å²) in [6, 6.07) is 8.03. The molecule has 1 unspecified atom stereocenters. The number of ether oxygens (including phenoxy) is 2. The normalized spacial score (nSPS) is 15.9. The number of methoxy groups -OCH3 is 2. The van der Waals surface area contributed by atoms with Crippen LogP contribution in [0.25, 0.3) is 0 Å². The van der Waals surface area contributed by atoms with Gasteiger partial charge in [0, 0.05) is 19.6 Å². The molecular formula is C20H27ClN2O3S. The van der Waals surface area contributed by atoms with E-state index in [-0.39, 0.29) is 24.2 Å². The van der Waals surface area contributed by atoms with Crippen LogP contribution in [0, 0.1) is 5.92 Å². The van der Waals surface area contributed by atoms with Gasteiger partial charge in [0.1, 0.15) is 0 Å². The van der Waals surface area contributed by atoms with E-state index < -0.39 is 0 Å². The molecule has 7 heteroatoms. The molecule has 0 aliphatic carbocycles. The highest BCUT2D eigenvalue weighted by Crippen LogP contribution is 2.28. The van der Waals surface area contributed by atoms with Crippen molar-refractivity contribution in [2.24, 2.45) is 5.92 Å². The smallest absolute Gasteiger partial charge is 0.227 e. The summed E-state index contributed by atoms with van der Waals surface area (Å²) in [5, 5.41) is 7.47. The molecule has 0 radical (unpaired) electrons. The summed E-state index contributed by atoms with van der Waals surface area (Å²) in [6.45, 7) is 3.08. The van der Waals surface area contributed by atoms with Crippen molar-refractivity contribution >= 4 is 29.7 Å². The fourth-order valence-electron chi connectivity index (χ4n) is 3.29. The van der Waals surface area contributed by atoms with Gasteiger partial charge in [-0.1, -0.05) is 6.07 Å². The minimum Gasteiger partial charge on any atom is -0.493 e. The number of carbonyl (C=O) groups is 1. The number of hydrogen-bond acceptors (Lipinski definition) is 5. The number of carbonyl (C=O) groups excluding carboxylic acids is 1. The van der Waals surface area contributed by atoms with E-state index in [1.54, 1.807) is 25.6 Å². The van der Waals surface area contributed by atoms with Gasteiger partial charge in [-0.3, -0.25) is 4.79 Å². The summed E-state index contributed by atoms with van der Waals surface area (Å²) in [6.07, 6.45) is 1.71. The maximum atomic E-state index is 13.0. The molecule has 1 aliphatic heterocycles. The van der Waals surface area contributed by atoms with E-state index >= 15 is 0 Å². The molecule has 1 amide bonds. The van der Waals surface area contributed by atoms with Crippen LogP contribution in [0.3, 0.4) is 0 Å². The predicted octanol–water partition coefficient (Wildman–Crippen LogP) is 3.37. The van der Waals surface area contributed by atoms with Crippen molar-refractivity contribution < 1.29 is 14.3 Å². The predicted molar refractivity (Wildman–Crippen MR) is 111 cm³/mol. The monoisotopic (exact) mass is 410 g/mol. The van der Waals surface area contributed by atoms with Crippen molar-refractivity contribution in [1.82, 2.24) is 10.2 Å². The van der Waals surface area contributed by atoms with Crippen LogP contribution in [-0.2, 0) is 17.8 Å². The fraction of sp³-hybridized carbons (Fsp3) is 0.450. The number of benzene rings is 1. The lowest BCUT2D eigenvalue weighted by atomic mass is 10.1. The molecule has 1 aliphatic rings. The summed E-state index contributed by atoms with van der Waals surface area (Å²) in [5.41, 5.74) is 2.33. The van der Waals surface area contributed by atoms with Crippen molar-refractivity contribution in [1.29, 1.82) is 0 Å². The summed E-state index contributed by atoms with van der Waals surface area (Å²) in [4.78, 5) is 15.0. The van der Waals surface area contributed by atoms with E-state index in [1.807, 2.05) is 23.1 Å². The van der Waals surface area contributed by atoms with Crippen molar-refractivity contribution in [2.75, 3.05) is 33.9 Å². The van der Waals surface area contributed by atoms with E-state index in [2.05, 4.69) is 22.1 Å². The Morgan fingerprint density at radius 1 is 1.22 bits per heavy atom. The highest BCUT2D eigenvalue weighted by atomic mass is 35.5. The lowest BCUT2D eigenvalue weighted by Crippen LogP contribution is -2.37. The quantitative estimate of drug-likeness (QED) is 0.724. The largest absolute Gasteiger partial charge is 0.493 e. The van der Waals surface area contributed by atoms with Crippen LogP contribution in [0.4, 0.5) is 0 Å². The number of amides is 1. The second-order valence-electron chi connectivity index (χ2n) is 6.52. The number of halogens is 1. The molecule has 0 spiro atoms. The van der Waals surface area contributed by atoms with Gasteiger partial charge in [-0.05, 0) is 59.5 Å². The third-order valence-corrected chi connectivity index (χ3v) is 5.53. The van der Waals surface area contributed by atoms with Gasteiger partial charge in [-0.15, -0.1) is 12.4 Å². The van der Waals surface area contributed by atoms with Crippen molar-refractivity contribution in [3.63, 3.8) is 0 Å². The summed E-state index contributed by atoms with van der Waals surface area (Å²) < 4.78 is 10.7. The highest BCUT2D eigenvalue weighted by Gasteiger charge is 2.27. The maximum absolute atomic E-state index is 13.0. The van der Waals surface area contributed by atoms with Crippen LogP contribution in [0.2, 0.25) is 0 Å². The molecule has 1 saturated heterocycles. The minimum atomic E-state index is 0. The van der Waals surface area contributed by atoms with Gasteiger partial charge < -0.3 is 19.7 Å². The van der Waals surface area contributed by atoms with E-state index in [9.17, 15) is 4.79 Å². The van der Waals surface area contributed by atoms with Crippen LogP contribution >= 0.6 is 23.7 Å². The first-order valence-corrected chi connectivity index (χ1v) is 9.87. The average molecular weight is 411 g/mol. The minimum absolute atomic E-state index is 0. The van der Waals surface area contributed by atoms with Crippen molar-refractivity contribution in [3.05, 3.63) is 46.2 Å². The first kappa shape index (κ1) is 21.5. The molecule has 1 aromatic carbocycles. The topological polar surface area (TPSA) is 50.8 Å². The van der Waals surface area contributed by atoms with Crippen LogP contribution in [0.1, 0.15) is 17.5 Å². The van der Waals surface area contributed by atoms with E-state index in [1.165, 1.54) is 5.56 Å². The molecule has 148 valence electrons. The number of rotatable bonds is 8. The second kappa shape index (κ2) is 10.5. The number of nitrogens with one attached hydrogen (secondary N) is 1. The lowest BCUT2D eigenvalue weighted by Gasteiger charge is -2.25. The standard InChI is InChI=1S/C20H26N2O3S.ClH/c1-24-18-4-3-15(11-19(18)25-2)6-9-22(13-16-7-10-26-14-16)20(23)17-5-8-21-12-17;/h3-4,7,10-11,14,17,21H,5-6,8-9,12-13H2,1-2H3;1H. The van der Waals surface area contributed by atoms with Crippen LogP contribution in [0.15, 0.2) is 35.0 Å². The Bertz CT molecular complexity index is 718. The summed E-state index contributed by atoms with van der Waals surface area (Å²) >= 11 is 1.67. The number of nitrogens with zero attached hydrogens (tertiary/aromatic N) is 1. The van der Waals surface area contributed by atoms with Crippen LogP contribution < -0.4 is 14.8 Å². The molecule has 1 N–H and O–H groups in total. The van der Waals surface area contributed by atoms with Crippen molar-refractivity contribution in [3.8, 4) is 11.5 Å². The SMILES string of the molecule is COc1ccc(CCN(Cc2ccsc2)C(=O)C2CCNC2)cc1OC.Cl. The van der Waals surface area contributed by atoms with Crippen molar-refractivity contribution in [2.45, 2.75) is 19.4 Å². The Labute approximate surface area is 171 Å². The third kappa shape index (κ3) is 5.61. The van der Waals surface area contributed by atoms with Gasteiger partial charge in [-0.25, -0.2) is 0 Å². The molecule has 1 fully saturated rings. The maximum Gasteiger partial charge on any atom is 0.227 e. The van der Waals surface area contributed by atoms with Crippen LogP contribution in [-0.4, -0.2) is 44.7 Å². The molecular weight excluding hydrogens is 384 g/mol. The van der Waals surface area contributed by atoms with E-state index in [4.69, 9.17) is 9.47 Å². The molecule has 27 heavy (non-hydrogen) atoms. The molecule has 5 nitrogen and oxygen atoms in total. The van der Waals surface area contributed by atoms with E-state index in [0.29, 0.717) is 13.1 Å². The first-order chi connectivity index (χ1) is 12.7. The Balaban J connectivity index is 0.00000261. The zero-order valence-corrected chi connectivity index (χ0v) is 17.4. The fourth-order valence-corrected chi connectivity index (χ4v) is 3.95. The molecule has 2 heterocycles. The lowest BCUT2D eigenvalue weighted by molar-refractivity contribution is -0.135. The average Bonchev–Trinajstić information content (AvgIpc) is 3.38. The molecule has 1 aromatic heterocycles. The highest BCUT2D eigenvalue weighted by molar-refractivity contribution is 7.07. The number of thiophene rings is 1. The number of hydrogen-bond donors (Lipinski definition) is 1. The Hall–Kier alpha value is -1.76. The summed E-state index contributed by atoms with van der Waals surface area (Å²) in [5.74, 6) is 1.79. The Kier molecular flexibility index (Phi) is 8.41. The Morgan fingerprint density at radius 3 is 2.67 bits per heavy atom. The zero-order chi connectivity index (χ0) is 18.4. The zero-order valence-electron chi connectivity index (χ0n) is 15.8. The molecule has 0 saturated carbocycles.